The number of rotatable bonds is 11. The van der Waals surface area contributed by atoms with Gasteiger partial charge >= 0.3 is 0 Å². The Morgan fingerprint density at radius 2 is 1.93 bits per heavy atom. The second-order valence-electron chi connectivity index (χ2n) is 7.35. The van der Waals surface area contributed by atoms with Crippen LogP contribution >= 0.6 is 11.3 Å². The fourth-order valence-corrected chi connectivity index (χ4v) is 4.56. The molecule has 0 aliphatic heterocycles. The summed E-state index contributed by atoms with van der Waals surface area (Å²) in [5.74, 6) is 1.70. The van der Waals surface area contributed by atoms with Gasteiger partial charge in [0, 0.05) is 37.6 Å². The highest BCUT2D eigenvalue weighted by atomic mass is 32.1. The Labute approximate surface area is 184 Å². The van der Waals surface area contributed by atoms with E-state index in [1.165, 1.54) is 34.8 Å². The minimum atomic E-state index is 0.621. The molecule has 0 saturated heterocycles. The lowest BCUT2D eigenvalue weighted by atomic mass is 10.0. The molecular weight excluding hydrogens is 396 g/mol. The first-order valence-corrected chi connectivity index (χ1v) is 11.8. The molecule has 7 heteroatoms. The van der Waals surface area contributed by atoms with Crippen molar-refractivity contribution in [1.29, 1.82) is 0 Å². The molecule has 30 heavy (non-hydrogen) atoms. The van der Waals surface area contributed by atoms with Crippen molar-refractivity contribution in [3.05, 3.63) is 45.4 Å². The van der Waals surface area contributed by atoms with Crippen molar-refractivity contribution in [1.82, 2.24) is 15.6 Å². The van der Waals surface area contributed by atoms with Crippen molar-refractivity contribution < 1.29 is 9.47 Å². The third kappa shape index (κ3) is 7.29. The van der Waals surface area contributed by atoms with E-state index < -0.39 is 0 Å². The maximum absolute atomic E-state index is 5.43. The first kappa shape index (κ1) is 22.6. The molecule has 1 aromatic heterocycles. The SMILES string of the molecule is CCOCCCNC(=NCc1ccc(OC)cc1)NCCc1nc2c(s1)CCCC2. The highest BCUT2D eigenvalue weighted by Crippen LogP contribution is 2.26. The number of guanidine groups is 1. The first-order valence-electron chi connectivity index (χ1n) is 11.0. The van der Waals surface area contributed by atoms with Gasteiger partial charge in [0.2, 0.25) is 0 Å². The van der Waals surface area contributed by atoms with Gasteiger partial charge in [0.25, 0.3) is 0 Å². The van der Waals surface area contributed by atoms with Crippen LogP contribution in [0.1, 0.15) is 47.3 Å². The molecule has 0 unspecified atom stereocenters. The number of thiazole rings is 1. The van der Waals surface area contributed by atoms with Gasteiger partial charge in [0.05, 0.1) is 24.4 Å². The van der Waals surface area contributed by atoms with Gasteiger partial charge in [-0.05, 0) is 56.7 Å². The largest absolute Gasteiger partial charge is 0.497 e. The van der Waals surface area contributed by atoms with Gasteiger partial charge in [0.15, 0.2) is 5.96 Å². The number of hydrogen-bond acceptors (Lipinski definition) is 5. The maximum Gasteiger partial charge on any atom is 0.191 e. The smallest absolute Gasteiger partial charge is 0.191 e. The predicted octanol–water partition coefficient (Wildman–Crippen LogP) is 3.74. The third-order valence-electron chi connectivity index (χ3n) is 5.06. The summed E-state index contributed by atoms with van der Waals surface area (Å²) in [4.78, 5) is 11.1. The normalized spacial score (nSPS) is 13.7. The molecule has 1 aliphatic carbocycles. The Balaban J connectivity index is 1.51. The number of nitrogens with one attached hydrogen (secondary N) is 2. The molecule has 1 heterocycles. The monoisotopic (exact) mass is 430 g/mol. The minimum absolute atomic E-state index is 0.621. The van der Waals surface area contributed by atoms with E-state index in [0.717, 1.165) is 62.8 Å². The molecule has 0 fully saturated rings. The van der Waals surface area contributed by atoms with Crippen LogP contribution in [-0.2, 0) is 30.5 Å². The standard InChI is InChI=1S/C23H34N4O2S/c1-3-29-16-6-14-24-23(26-17-18-9-11-19(28-2)12-10-18)25-15-13-22-27-20-7-4-5-8-21(20)30-22/h9-12H,3-8,13-17H2,1-2H3,(H2,24,25,26). The van der Waals surface area contributed by atoms with E-state index in [2.05, 4.69) is 22.8 Å². The number of fused-ring (bicyclic) bond motifs is 1. The number of benzene rings is 1. The number of hydrogen-bond donors (Lipinski definition) is 2. The average molecular weight is 431 g/mol. The maximum atomic E-state index is 5.43. The van der Waals surface area contributed by atoms with E-state index in [4.69, 9.17) is 19.5 Å². The van der Waals surface area contributed by atoms with E-state index in [1.807, 2.05) is 30.4 Å². The topological polar surface area (TPSA) is 67.8 Å². The summed E-state index contributed by atoms with van der Waals surface area (Å²) in [6.07, 6.45) is 6.82. The Morgan fingerprint density at radius 1 is 1.13 bits per heavy atom. The number of ether oxygens (including phenoxy) is 2. The van der Waals surface area contributed by atoms with Crippen LogP contribution in [0.4, 0.5) is 0 Å². The van der Waals surface area contributed by atoms with Crippen LogP contribution in [-0.4, -0.2) is 44.4 Å². The van der Waals surface area contributed by atoms with Crippen LogP contribution in [0.25, 0.3) is 0 Å². The Kier molecular flexibility index (Phi) is 9.44. The van der Waals surface area contributed by atoms with Crippen LogP contribution in [0.2, 0.25) is 0 Å². The van der Waals surface area contributed by atoms with Gasteiger partial charge < -0.3 is 20.1 Å². The Hall–Kier alpha value is -2.12. The van der Waals surface area contributed by atoms with E-state index in [-0.39, 0.29) is 0 Å². The van der Waals surface area contributed by atoms with E-state index >= 15 is 0 Å². The zero-order valence-electron chi connectivity index (χ0n) is 18.2. The second-order valence-corrected chi connectivity index (χ2v) is 8.52. The third-order valence-corrected chi connectivity index (χ3v) is 6.28. The molecule has 0 amide bonds. The van der Waals surface area contributed by atoms with Gasteiger partial charge in [-0.3, -0.25) is 0 Å². The molecule has 0 radical (unpaired) electrons. The molecule has 3 rings (SSSR count). The lowest BCUT2D eigenvalue weighted by Gasteiger charge is -2.12. The molecule has 0 bridgehead atoms. The molecular formula is C23H34N4O2S. The summed E-state index contributed by atoms with van der Waals surface area (Å²) in [6.45, 7) is 5.82. The minimum Gasteiger partial charge on any atom is -0.497 e. The van der Waals surface area contributed by atoms with Crippen molar-refractivity contribution in [2.75, 3.05) is 33.4 Å². The van der Waals surface area contributed by atoms with Crippen LogP contribution < -0.4 is 15.4 Å². The van der Waals surface area contributed by atoms with Crippen molar-refractivity contribution in [2.45, 2.75) is 52.0 Å². The van der Waals surface area contributed by atoms with Crippen molar-refractivity contribution in [2.24, 2.45) is 4.99 Å². The van der Waals surface area contributed by atoms with Gasteiger partial charge in [-0.1, -0.05) is 12.1 Å². The molecule has 0 atom stereocenters. The lowest BCUT2D eigenvalue weighted by Crippen LogP contribution is -2.39. The fraction of sp³-hybridized carbons (Fsp3) is 0.565. The predicted molar refractivity (Wildman–Crippen MR) is 124 cm³/mol. The van der Waals surface area contributed by atoms with Crippen LogP contribution in [0.5, 0.6) is 5.75 Å². The Morgan fingerprint density at radius 3 is 2.70 bits per heavy atom. The quantitative estimate of drug-likeness (QED) is 0.323. The molecule has 6 nitrogen and oxygen atoms in total. The molecule has 1 aromatic carbocycles. The summed E-state index contributed by atoms with van der Waals surface area (Å²) in [5.41, 5.74) is 2.49. The van der Waals surface area contributed by atoms with E-state index in [9.17, 15) is 0 Å². The zero-order chi connectivity index (χ0) is 21.0. The number of aryl methyl sites for hydroxylation is 2. The number of nitrogens with zero attached hydrogens (tertiary/aromatic N) is 2. The highest BCUT2D eigenvalue weighted by Gasteiger charge is 2.14. The fourth-order valence-electron chi connectivity index (χ4n) is 3.40. The summed E-state index contributed by atoms with van der Waals surface area (Å²) < 4.78 is 10.7. The summed E-state index contributed by atoms with van der Waals surface area (Å²) >= 11 is 1.89. The number of aromatic nitrogens is 1. The highest BCUT2D eigenvalue weighted by molar-refractivity contribution is 7.11. The van der Waals surface area contributed by atoms with Crippen LogP contribution in [0, 0.1) is 0 Å². The average Bonchev–Trinajstić information content (AvgIpc) is 3.20. The Bertz CT molecular complexity index is 766. The van der Waals surface area contributed by atoms with Crippen molar-refractivity contribution >= 4 is 17.3 Å². The van der Waals surface area contributed by atoms with Gasteiger partial charge in [-0.15, -0.1) is 11.3 Å². The van der Waals surface area contributed by atoms with Crippen molar-refractivity contribution in [3.8, 4) is 5.75 Å². The van der Waals surface area contributed by atoms with Gasteiger partial charge in [-0.2, -0.15) is 0 Å². The molecule has 164 valence electrons. The van der Waals surface area contributed by atoms with Crippen LogP contribution in [0.3, 0.4) is 0 Å². The molecule has 1 aliphatic rings. The lowest BCUT2D eigenvalue weighted by molar-refractivity contribution is 0.145. The van der Waals surface area contributed by atoms with Gasteiger partial charge in [0.1, 0.15) is 5.75 Å². The molecule has 2 aromatic rings. The first-order chi connectivity index (χ1) is 14.8. The summed E-state index contributed by atoms with van der Waals surface area (Å²) in [7, 11) is 1.68. The zero-order valence-corrected chi connectivity index (χ0v) is 19.0. The molecule has 0 spiro atoms. The second kappa shape index (κ2) is 12.5. The summed E-state index contributed by atoms with van der Waals surface area (Å²) in [6, 6.07) is 8.04. The van der Waals surface area contributed by atoms with E-state index in [1.54, 1.807) is 7.11 Å². The van der Waals surface area contributed by atoms with Crippen LogP contribution in [0.15, 0.2) is 29.3 Å². The summed E-state index contributed by atoms with van der Waals surface area (Å²) in [5, 5.41) is 8.13. The van der Waals surface area contributed by atoms with Crippen molar-refractivity contribution in [3.63, 3.8) is 0 Å². The van der Waals surface area contributed by atoms with Gasteiger partial charge in [-0.25, -0.2) is 9.98 Å². The molecule has 0 saturated carbocycles. The molecule has 2 N–H and O–H groups in total. The number of aliphatic imine (C=N–C) groups is 1. The number of methoxy groups -OCH3 is 1. The van der Waals surface area contributed by atoms with E-state index in [0.29, 0.717) is 6.54 Å².